The van der Waals surface area contributed by atoms with Crippen molar-refractivity contribution in [2.45, 2.75) is 159 Å². The predicted octanol–water partition coefficient (Wildman–Crippen LogP) is 4.37. The maximum absolute atomic E-state index is 11.6. The zero-order valence-electron chi connectivity index (χ0n) is 24.3. The number of hydrogen-bond donors (Lipinski definition) is 6. The Labute approximate surface area is 235 Å². The average Bonchev–Trinajstić information content (AvgIpc) is 2.88. The van der Waals surface area contributed by atoms with E-state index in [2.05, 4.69) is 6.92 Å². The van der Waals surface area contributed by atoms with Gasteiger partial charge in [0.1, 0.15) is 17.8 Å². The fraction of sp³-hybridized carbons (Fsp3) is 1.00. The summed E-state index contributed by atoms with van der Waals surface area (Å²) in [5.41, 5.74) is -2.23. The van der Waals surface area contributed by atoms with E-state index in [1.165, 1.54) is 90.6 Å². The van der Waals surface area contributed by atoms with Crippen LogP contribution in [-0.4, -0.2) is 86.7 Å². The molecule has 11 heteroatoms. The van der Waals surface area contributed by atoms with Crippen LogP contribution >= 0.6 is 7.82 Å². The van der Waals surface area contributed by atoms with Crippen LogP contribution in [-0.2, 0) is 18.6 Å². The second-order valence-corrected chi connectivity index (χ2v) is 12.4. The van der Waals surface area contributed by atoms with Crippen LogP contribution in [0.25, 0.3) is 0 Å². The molecule has 0 radical (unpaired) electrons. The molecule has 1 aliphatic carbocycles. The molecule has 0 aliphatic heterocycles. The molecule has 0 aromatic rings. The van der Waals surface area contributed by atoms with Crippen molar-refractivity contribution in [1.29, 1.82) is 0 Å². The molecule has 1 saturated carbocycles. The topological polar surface area (TPSA) is 166 Å². The summed E-state index contributed by atoms with van der Waals surface area (Å²) in [6, 6.07) is 0. The zero-order valence-corrected chi connectivity index (χ0v) is 25.2. The first-order valence-electron chi connectivity index (χ1n) is 15.2. The lowest BCUT2D eigenvalue weighted by Gasteiger charge is -2.48. The number of hydrogen-bond acceptors (Lipinski definition) is 8. The third-order valence-electron chi connectivity index (χ3n) is 7.86. The van der Waals surface area contributed by atoms with Crippen LogP contribution in [0.15, 0.2) is 0 Å². The zero-order chi connectivity index (χ0) is 29.2. The van der Waals surface area contributed by atoms with E-state index in [0.717, 1.165) is 19.3 Å². The lowest BCUT2D eigenvalue weighted by Crippen LogP contribution is -2.66. The van der Waals surface area contributed by atoms with Gasteiger partial charge in [0, 0.05) is 26.6 Å². The van der Waals surface area contributed by atoms with Crippen molar-refractivity contribution in [3.63, 3.8) is 0 Å². The van der Waals surface area contributed by atoms with E-state index in [0.29, 0.717) is 6.61 Å². The van der Waals surface area contributed by atoms with Gasteiger partial charge < -0.3 is 39.7 Å². The summed E-state index contributed by atoms with van der Waals surface area (Å²) < 4.78 is 27.5. The molecule has 1 fully saturated rings. The molecule has 0 bridgehead atoms. The number of unbranched alkanes of at least 4 members (excludes halogenated alkanes) is 15. The lowest BCUT2D eigenvalue weighted by molar-refractivity contribution is -0.235. The molecule has 0 aromatic heterocycles. The van der Waals surface area contributed by atoms with Gasteiger partial charge in [-0.3, -0.25) is 4.52 Å². The van der Waals surface area contributed by atoms with E-state index in [4.69, 9.17) is 14.0 Å². The number of rotatable bonds is 24. The Bertz CT molecular complexity index is 648. The van der Waals surface area contributed by atoms with Gasteiger partial charge in [-0.2, -0.15) is 0 Å². The van der Waals surface area contributed by atoms with E-state index in [-0.39, 0.29) is 13.0 Å². The van der Waals surface area contributed by atoms with Crippen molar-refractivity contribution < 1.29 is 48.8 Å². The van der Waals surface area contributed by atoms with Gasteiger partial charge in [0.25, 0.3) is 0 Å². The highest BCUT2D eigenvalue weighted by Crippen LogP contribution is 2.49. The molecule has 10 nitrogen and oxygen atoms in total. The smallest absolute Gasteiger partial charge is 0.390 e. The molecular formula is C28H57O10P. The first kappa shape index (κ1) is 36.9. The molecule has 39 heavy (non-hydrogen) atoms. The standard InChI is InChI=1S/C28H57O10P/c1-3-4-5-6-7-8-9-10-11-12-13-14-15-16-17-18-19-37-22-23(36-2)21-28(38-39(33,34)35)25(30)20-24(29)26(31)27(28)32/h23-27,29-32H,3-22H2,1-2H3,(H2,33,34,35)/t23?,24-,25-,26+,27-,28-/m1/s1. The summed E-state index contributed by atoms with van der Waals surface area (Å²) >= 11 is 0. The number of aliphatic hydroxyl groups is 4. The van der Waals surface area contributed by atoms with Gasteiger partial charge in [-0.15, -0.1) is 0 Å². The maximum Gasteiger partial charge on any atom is 0.470 e. The molecule has 0 saturated heterocycles. The Morgan fingerprint density at radius 1 is 0.795 bits per heavy atom. The monoisotopic (exact) mass is 584 g/mol. The van der Waals surface area contributed by atoms with Gasteiger partial charge in [-0.1, -0.05) is 103 Å². The van der Waals surface area contributed by atoms with Gasteiger partial charge in [0.15, 0.2) is 0 Å². The highest BCUT2D eigenvalue weighted by molar-refractivity contribution is 7.46. The van der Waals surface area contributed by atoms with E-state index < -0.39 is 50.4 Å². The van der Waals surface area contributed by atoms with E-state index in [9.17, 15) is 34.8 Å². The molecule has 6 atom stereocenters. The Morgan fingerprint density at radius 3 is 1.69 bits per heavy atom. The molecule has 1 rings (SSSR count). The van der Waals surface area contributed by atoms with Crippen LogP contribution in [0.4, 0.5) is 0 Å². The maximum atomic E-state index is 11.6. The summed E-state index contributed by atoms with van der Waals surface area (Å²) in [6.07, 6.45) is 12.1. The number of ether oxygens (including phenoxy) is 2. The van der Waals surface area contributed by atoms with Gasteiger partial charge in [0.2, 0.25) is 0 Å². The van der Waals surface area contributed by atoms with Crippen LogP contribution in [0.2, 0.25) is 0 Å². The van der Waals surface area contributed by atoms with Gasteiger partial charge >= 0.3 is 7.82 Å². The van der Waals surface area contributed by atoms with Crippen LogP contribution in [0.1, 0.15) is 122 Å². The third-order valence-corrected chi connectivity index (χ3v) is 8.44. The summed E-state index contributed by atoms with van der Waals surface area (Å²) in [4.78, 5) is 18.8. The predicted molar refractivity (Wildman–Crippen MR) is 150 cm³/mol. The fourth-order valence-electron chi connectivity index (χ4n) is 5.43. The Hall–Kier alpha value is -0.130. The SMILES string of the molecule is CCCCCCCCCCCCCCCCCCOCC(C[C@@]1(OP(=O)(O)O)[C@H](O)C[C@@H](O)[C@H](O)[C@H]1O)OC. The third kappa shape index (κ3) is 15.1. The van der Waals surface area contributed by atoms with Crippen molar-refractivity contribution in [3.05, 3.63) is 0 Å². The molecule has 0 aromatic carbocycles. The van der Waals surface area contributed by atoms with E-state index in [1.54, 1.807) is 0 Å². The number of methoxy groups -OCH3 is 1. The first-order chi connectivity index (χ1) is 18.6. The van der Waals surface area contributed by atoms with Crippen LogP contribution in [0, 0.1) is 0 Å². The highest BCUT2D eigenvalue weighted by atomic mass is 31.2. The first-order valence-corrected chi connectivity index (χ1v) is 16.7. The minimum atomic E-state index is -5.16. The van der Waals surface area contributed by atoms with Crippen molar-refractivity contribution >= 4 is 7.82 Å². The van der Waals surface area contributed by atoms with Crippen molar-refractivity contribution in [2.75, 3.05) is 20.3 Å². The highest BCUT2D eigenvalue weighted by Gasteiger charge is 2.58. The second-order valence-electron chi connectivity index (χ2n) is 11.2. The number of aliphatic hydroxyl groups excluding tert-OH is 4. The minimum Gasteiger partial charge on any atom is -0.390 e. The van der Waals surface area contributed by atoms with E-state index >= 15 is 0 Å². The minimum absolute atomic E-state index is 0.0552. The Morgan fingerprint density at radius 2 is 1.26 bits per heavy atom. The molecule has 1 aliphatic rings. The molecule has 0 heterocycles. The van der Waals surface area contributed by atoms with Gasteiger partial charge in [-0.05, 0) is 6.42 Å². The summed E-state index contributed by atoms with van der Waals surface area (Å²) in [5.74, 6) is 0. The fourth-order valence-corrected chi connectivity index (χ4v) is 6.17. The summed E-state index contributed by atoms with van der Waals surface area (Å²) in [5, 5.41) is 41.0. The van der Waals surface area contributed by atoms with Crippen LogP contribution in [0.5, 0.6) is 0 Å². The van der Waals surface area contributed by atoms with Crippen molar-refractivity contribution in [3.8, 4) is 0 Å². The Balaban J connectivity index is 2.19. The van der Waals surface area contributed by atoms with E-state index in [1.807, 2.05) is 0 Å². The number of phosphoric acid groups is 1. The molecular weight excluding hydrogens is 527 g/mol. The molecule has 0 amide bonds. The molecule has 234 valence electrons. The lowest BCUT2D eigenvalue weighted by atomic mass is 9.73. The van der Waals surface area contributed by atoms with Gasteiger partial charge in [-0.25, -0.2) is 4.57 Å². The second kappa shape index (κ2) is 20.7. The normalized spacial score (nSPS) is 26.7. The van der Waals surface area contributed by atoms with Gasteiger partial charge in [0.05, 0.1) is 24.9 Å². The summed E-state index contributed by atoms with van der Waals surface area (Å²) in [7, 11) is -3.79. The number of phosphoric ester groups is 1. The summed E-state index contributed by atoms with van der Waals surface area (Å²) in [6.45, 7) is 2.79. The van der Waals surface area contributed by atoms with Crippen LogP contribution in [0.3, 0.4) is 0 Å². The van der Waals surface area contributed by atoms with Crippen LogP contribution < -0.4 is 0 Å². The average molecular weight is 585 g/mol. The molecule has 1 unspecified atom stereocenters. The Kier molecular flexibility index (Phi) is 19.6. The molecule has 0 spiro atoms. The largest absolute Gasteiger partial charge is 0.470 e. The van der Waals surface area contributed by atoms with Crippen molar-refractivity contribution in [1.82, 2.24) is 0 Å². The molecule has 6 N–H and O–H groups in total. The van der Waals surface area contributed by atoms with Crippen molar-refractivity contribution in [2.24, 2.45) is 0 Å². The quantitative estimate of drug-likeness (QED) is 0.0709.